The predicted octanol–water partition coefficient (Wildman–Crippen LogP) is 5.70. The lowest BCUT2D eigenvalue weighted by atomic mass is 9.86. The van der Waals surface area contributed by atoms with E-state index in [4.69, 9.17) is 33.2 Å². The average molecular weight is 490 g/mol. The first-order valence-electron chi connectivity index (χ1n) is 11.5. The van der Waals surface area contributed by atoms with E-state index in [2.05, 4.69) is 27.5 Å². The summed E-state index contributed by atoms with van der Waals surface area (Å²) in [7, 11) is 0. The first-order chi connectivity index (χ1) is 16.6. The molecule has 7 nitrogen and oxygen atoms in total. The monoisotopic (exact) mass is 489 g/mol. The lowest BCUT2D eigenvalue weighted by molar-refractivity contribution is 0.269. The van der Waals surface area contributed by atoms with Gasteiger partial charge in [-0.15, -0.1) is 11.3 Å². The Kier molecular flexibility index (Phi) is 5.44. The lowest BCUT2D eigenvalue weighted by Crippen LogP contribution is -2.24. The lowest BCUT2D eigenvalue weighted by Gasteiger charge is -2.27. The second kappa shape index (κ2) is 8.61. The minimum absolute atomic E-state index is 0.246. The predicted molar refractivity (Wildman–Crippen MR) is 139 cm³/mol. The maximum Gasteiger partial charge on any atom is 0.164 e. The molecule has 34 heavy (non-hydrogen) atoms. The van der Waals surface area contributed by atoms with Crippen molar-refractivity contribution in [2.24, 2.45) is 11.7 Å². The molecule has 172 valence electrons. The third kappa shape index (κ3) is 3.62. The zero-order valence-corrected chi connectivity index (χ0v) is 20.1. The molecule has 1 aliphatic carbocycles. The Morgan fingerprint density at radius 1 is 1.09 bits per heavy atom. The number of rotatable bonds is 4. The minimum atomic E-state index is 0.246. The SMILES string of the molecule is NCC1CCC(n2nc(-c3cc4nc(-c5cccs5)ccc4cc3Cl)c3c(N)ncnc32)CC1. The summed E-state index contributed by atoms with van der Waals surface area (Å²) in [6.45, 7) is 0.736. The van der Waals surface area contributed by atoms with Crippen LogP contribution >= 0.6 is 22.9 Å². The van der Waals surface area contributed by atoms with Crippen LogP contribution in [0.4, 0.5) is 5.82 Å². The van der Waals surface area contributed by atoms with E-state index in [1.165, 1.54) is 6.33 Å². The van der Waals surface area contributed by atoms with Gasteiger partial charge in [-0.05, 0) is 67.8 Å². The fourth-order valence-electron chi connectivity index (χ4n) is 4.95. The van der Waals surface area contributed by atoms with Gasteiger partial charge in [0.1, 0.15) is 17.8 Å². The Bertz CT molecular complexity index is 1490. The number of thiophene rings is 1. The highest BCUT2D eigenvalue weighted by atomic mass is 35.5. The van der Waals surface area contributed by atoms with Gasteiger partial charge in [0, 0.05) is 10.9 Å². The van der Waals surface area contributed by atoms with Gasteiger partial charge in [0.25, 0.3) is 0 Å². The van der Waals surface area contributed by atoms with Gasteiger partial charge in [0.05, 0.1) is 32.5 Å². The number of hydrogen-bond acceptors (Lipinski definition) is 7. The molecule has 0 amide bonds. The number of benzene rings is 1. The average Bonchev–Trinajstić information content (AvgIpc) is 3.53. The van der Waals surface area contributed by atoms with Gasteiger partial charge in [-0.2, -0.15) is 5.10 Å². The van der Waals surface area contributed by atoms with Crippen LogP contribution in [-0.4, -0.2) is 31.3 Å². The number of aromatic nitrogens is 5. The molecule has 0 unspecified atom stereocenters. The number of hydrogen-bond donors (Lipinski definition) is 2. The minimum Gasteiger partial charge on any atom is -0.383 e. The van der Waals surface area contributed by atoms with Crippen molar-refractivity contribution in [2.45, 2.75) is 31.7 Å². The van der Waals surface area contributed by atoms with Crippen LogP contribution in [0.1, 0.15) is 31.7 Å². The third-order valence-electron chi connectivity index (χ3n) is 6.82. The molecule has 0 bridgehead atoms. The van der Waals surface area contributed by atoms with E-state index in [9.17, 15) is 0 Å². The van der Waals surface area contributed by atoms with Gasteiger partial charge in [0.2, 0.25) is 0 Å². The van der Waals surface area contributed by atoms with Gasteiger partial charge >= 0.3 is 0 Å². The molecule has 4 aromatic heterocycles. The van der Waals surface area contributed by atoms with E-state index in [0.717, 1.165) is 70.3 Å². The van der Waals surface area contributed by atoms with Crippen LogP contribution in [0.3, 0.4) is 0 Å². The van der Waals surface area contributed by atoms with Crippen LogP contribution in [0.2, 0.25) is 5.02 Å². The maximum atomic E-state index is 6.79. The Morgan fingerprint density at radius 3 is 2.71 bits per heavy atom. The Labute approximate surface area is 205 Å². The van der Waals surface area contributed by atoms with Gasteiger partial charge in [-0.1, -0.05) is 23.7 Å². The van der Waals surface area contributed by atoms with Crippen LogP contribution in [-0.2, 0) is 0 Å². The number of anilines is 1. The van der Waals surface area contributed by atoms with E-state index < -0.39 is 0 Å². The molecular weight excluding hydrogens is 466 g/mol. The van der Waals surface area contributed by atoms with E-state index in [1.807, 2.05) is 28.9 Å². The number of nitrogen functional groups attached to an aromatic ring is 1. The second-order valence-electron chi connectivity index (χ2n) is 8.86. The number of halogens is 1. The van der Waals surface area contributed by atoms with Gasteiger partial charge in [-0.25, -0.2) is 19.6 Å². The molecule has 4 heterocycles. The summed E-state index contributed by atoms with van der Waals surface area (Å²) in [5.74, 6) is 0.981. The molecule has 0 spiro atoms. The first kappa shape index (κ1) is 21.5. The first-order valence-corrected chi connectivity index (χ1v) is 12.7. The van der Waals surface area contributed by atoms with Crippen molar-refractivity contribution in [1.29, 1.82) is 0 Å². The van der Waals surface area contributed by atoms with E-state index >= 15 is 0 Å². The van der Waals surface area contributed by atoms with Gasteiger partial charge in [0.15, 0.2) is 5.65 Å². The summed E-state index contributed by atoms with van der Waals surface area (Å²) < 4.78 is 2.02. The molecule has 0 atom stereocenters. The summed E-state index contributed by atoms with van der Waals surface area (Å²) in [5.41, 5.74) is 16.3. The van der Waals surface area contributed by atoms with Gasteiger partial charge < -0.3 is 11.5 Å². The smallest absolute Gasteiger partial charge is 0.164 e. The molecule has 1 aliphatic rings. The molecular formula is C25H24ClN7S. The molecule has 1 saturated carbocycles. The van der Waals surface area contributed by atoms with Crippen LogP contribution in [0.15, 0.2) is 48.1 Å². The zero-order valence-electron chi connectivity index (χ0n) is 18.5. The van der Waals surface area contributed by atoms with Crippen molar-refractivity contribution in [3.63, 3.8) is 0 Å². The number of pyridine rings is 1. The zero-order chi connectivity index (χ0) is 23.2. The van der Waals surface area contributed by atoms with Gasteiger partial charge in [-0.3, -0.25) is 0 Å². The molecule has 6 rings (SSSR count). The van der Waals surface area contributed by atoms with Crippen LogP contribution in [0.5, 0.6) is 0 Å². The number of nitrogens with two attached hydrogens (primary N) is 2. The second-order valence-corrected chi connectivity index (χ2v) is 10.2. The normalized spacial score (nSPS) is 18.6. The summed E-state index contributed by atoms with van der Waals surface area (Å²) in [6, 6.07) is 12.4. The highest BCUT2D eigenvalue weighted by Crippen LogP contribution is 2.40. The maximum absolute atomic E-state index is 6.79. The van der Waals surface area contributed by atoms with E-state index in [1.54, 1.807) is 11.3 Å². The van der Waals surface area contributed by atoms with Crippen molar-refractivity contribution in [3.8, 4) is 21.8 Å². The Balaban J connectivity index is 1.50. The molecule has 0 saturated heterocycles. The standard InChI is InChI=1S/C25H24ClN7S/c26-18-10-15-5-8-19(21-2-1-9-34-21)31-20(15)11-17(18)23-22-24(28)29-13-30-25(22)33(32-23)16-6-3-14(12-27)4-7-16/h1-2,5,8-11,13-14,16H,3-4,6-7,12,27H2,(H2,28,29,30). The number of fused-ring (bicyclic) bond motifs is 2. The topological polar surface area (TPSA) is 109 Å². The summed E-state index contributed by atoms with van der Waals surface area (Å²) in [4.78, 5) is 14.9. The summed E-state index contributed by atoms with van der Waals surface area (Å²) >= 11 is 8.46. The molecule has 0 aliphatic heterocycles. The Morgan fingerprint density at radius 2 is 1.94 bits per heavy atom. The molecule has 5 aromatic rings. The van der Waals surface area contributed by atoms with Crippen molar-refractivity contribution in [3.05, 3.63) is 53.1 Å². The summed E-state index contributed by atoms with van der Waals surface area (Å²) in [6.07, 6.45) is 5.70. The van der Waals surface area contributed by atoms with E-state index in [-0.39, 0.29) is 6.04 Å². The highest BCUT2D eigenvalue weighted by Gasteiger charge is 2.27. The van der Waals surface area contributed by atoms with Crippen LogP contribution < -0.4 is 11.5 Å². The third-order valence-corrected chi connectivity index (χ3v) is 8.03. The van der Waals surface area contributed by atoms with Crippen LogP contribution in [0, 0.1) is 5.92 Å². The largest absolute Gasteiger partial charge is 0.383 e. The fraction of sp³-hybridized carbons (Fsp3) is 0.280. The van der Waals surface area contributed by atoms with Crippen LogP contribution in [0.25, 0.3) is 43.8 Å². The van der Waals surface area contributed by atoms with Crippen molar-refractivity contribution in [1.82, 2.24) is 24.7 Å². The fourth-order valence-corrected chi connectivity index (χ4v) is 5.91. The summed E-state index contributed by atoms with van der Waals surface area (Å²) in [5, 5.41) is 9.39. The molecule has 4 N–H and O–H groups in total. The van der Waals surface area contributed by atoms with Crippen molar-refractivity contribution in [2.75, 3.05) is 12.3 Å². The quantitative estimate of drug-likeness (QED) is 0.335. The van der Waals surface area contributed by atoms with E-state index in [0.29, 0.717) is 22.5 Å². The Hall–Kier alpha value is -3.07. The molecule has 1 fully saturated rings. The molecule has 9 heteroatoms. The highest BCUT2D eigenvalue weighted by molar-refractivity contribution is 7.13. The number of nitrogens with zero attached hydrogens (tertiary/aromatic N) is 5. The molecule has 0 radical (unpaired) electrons. The van der Waals surface area contributed by atoms with Crippen molar-refractivity contribution < 1.29 is 0 Å². The van der Waals surface area contributed by atoms with Crippen molar-refractivity contribution >= 4 is 50.7 Å². The molecule has 1 aromatic carbocycles.